The molecule has 8 heteroatoms. The lowest BCUT2D eigenvalue weighted by Crippen LogP contribution is -2.37. The van der Waals surface area contributed by atoms with E-state index in [-0.39, 0.29) is 10.8 Å². The zero-order chi connectivity index (χ0) is 17.7. The van der Waals surface area contributed by atoms with Gasteiger partial charge >= 0.3 is 0 Å². The third kappa shape index (κ3) is 4.40. The average Bonchev–Trinajstić information content (AvgIpc) is 2.53. The zero-order valence-electron chi connectivity index (χ0n) is 12.9. The van der Waals surface area contributed by atoms with Gasteiger partial charge in [0.1, 0.15) is 6.04 Å². The second-order valence-corrected chi connectivity index (χ2v) is 6.79. The molecule has 0 saturated heterocycles. The molecular weight excluding hydrogens is 330 g/mol. The number of hydrogen-bond donors (Lipinski definition) is 3. The van der Waals surface area contributed by atoms with E-state index in [1.807, 2.05) is 0 Å². The largest absolute Gasteiger partial charge is 0.368 e. The number of amides is 2. The molecule has 1 atom stereocenters. The summed E-state index contributed by atoms with van der Waals surface area (Å²) in [7, 11) is -3.96. The van der Waals surface area contributed by atoms with E-state index in [2.05, 4.69) is 10.0 Å². The first-order valence-corrected chi connectivity index (χ1v) is 8.52. The number of nitrogens with two attached hydrogens (primary N) is 1. The van der Waals surface area contributed by atoms with Crippen LogP contribution in [0.15, 0.2) is 59.5 Å². The number of anilines is 1. The predicted octanol–water partition coefficient (Wildman–Crippen LogP) is 1.15. The highest BCUT2D eigenvalue weighted by Gasteiger charge is 2.25. The lowest BCUT2D eigenvalue weighted by molar-refractivity contribution is -0.119. The van der Waals surface area contributed by atoms with Crippen molar-refractivity contribution in [3.05, 3.63) is 60.2 Å². The minimum atomic E-state index is -3.96. The fourth-order valence-electron chi connectivity index (χ4n) is 2.08. The van der Waals surface area contributed by atoms with E-state index in [0.29, 0.717) is 11.3 Å². The molecule has 0 unspecified atom stereocenters. The number of rotatable bonds is 6. The van der Waals surface area contributed by atoms with Gasteiger partial charge in [0.05, 0.1) is 4.90 Å². The Hall–Kier alpha value is -2.71. The van der Waals surface area contributed by atoms with Crippen LogP contribution >= 0.6 is 0 Å². The molecule has 7 nitrogen and oxygen atoms in total. The number of benzene rings is 2. The first-order valence-electron chi connectivity index (χ1n) is 7.04. The highest BCUT2D eigenvalue weighted by Crippen LogP contribution is 2.18. The van der Waals surface area contributed by atoms with Crippen molar-refractivity contribution >= 4 is 27.5 Å². The Labute approximate surface area is 139 Å². The average molecular weight is 347 g/mol. The van der Waals surface area contributed by atoms with Crippen LogP contribution in [0.4, 0.5) is 5.69 Å². The highest BCUT2D eigenvalue weighted by atomic mass is 32.2. The topological polar surface area (TPSA) is 118 Å². The molecule has 0 heterocycles. The maximum absolute atomic E-state index is 12.4. The lowest BCUT2D eigenvalue weighted by atomic mass is 10.1. The van der Waals surface area contributed by atoms with E-state index < -0.39 is 22.0 Å². The molecule has 0 bridgehead atoms. The molecule has 24 heavy (non-hydrogen) atoms. The molecule has 2 aromatic rings. The van der Waals surface area contributed by atoms with Crippen LogP contribution in [0.3, 0.4) is 0 Å². The fraction of sp³-hybridized carbons (Fsp3) is 0.125. The molecule has 0 spiro atoms. The number of carbonyl (C=O) groups excluding carboxylic acids is 2. The van der Waals surface area contributed by atoms with Crippen LogP contribution in [0.25, 0.3) is 0 Å². The summed E-state index contributed by atoms with van der Waals surface area (Å²) in [4.78, 5) is 22.6. The SMILES string of the molecule is CC(=O)Nc1ccc(S(=O)(=O)N[C@@H](C(N)=O)c2ccccc2)cc1. The number of hydrogen-bond acceptors (Lipinski definition) is 4. The first-order chi connectivity index (χ1) is 11.3. The molecule has 4 N–H and O–H groups in total. The first kappa shape index (κ1) is 17.6. The van der Waals surface area contributed by atoms with Gasteiger partial charge in [-0.15, -0.1) is 0 Å². The second kappa shape index (κ2) is 7.24. The monoisotopic (exact) mass is 347 g/mol. The Bertz CT molecular complexity index is 833. The van der Waals surface area contributed by atoms with Crippen molar-refractivity contribution in [2.24, 2.45) is 5.73 Å². The Morgan fingerprint density at radius 1 is 1.00 bits per heavy atom. The third-order valence-corrected chi connectivity index (χ3v) is 4.61. The summed E-state index contributed by atoms with van der Waals surface area (Å²) in [5, 5.41) is 2.54. The van der Waals surface area contributed by atoms with Gasteiger partial charge in [-0.25, -0.2) is 8.42 Å². The van der Waals surface area contributed by atoms with Crippen LogP contribution in [-0.4, -0.2) is 20.2 Å². The number of carbonyl (C=O) groups is 2. The molecular formula is C16H17N3O4S. The maximum atomic E-state index is 12.4. The van der Waals surface area contributed by atoms with Crippen LogP contribution in [0, 0.1) is 0 Å². The highest BCUT2D eigenvalue weighted by molar-refractivity contribution is 7.89. The van der Waals surface area contributed by atoms with Gasteiger partial charge in [0.15, 0.2) is 0 Å². The molecule has 2 rings (SSSR count). The Morgan fingerprint density at radius 3 is 2.08 bits per heavy atom. The van der Waals surface area contributed by atoms with Crippen LogP contribution in [0.1, 0.15) is 18.5 Å². The Kier molecular flexibility index (Phi) is 5.32. The van der Waals surface area contributed by atoms with Gasteiger partial charge in [-0.3, -0.25) is 9.59 Å². The molecule has 2 amide bonds. The van der Waals surface area contributed by atoms with Crippen molar-refractivity contribution in [2.75, 3.05) is 5.32 Å². The van der Waals surface area contributed by atoms with E-state index in [4.69, 9.17) is 5.73 Å². The van der Waals surface area contributed by atoms with E-state index in [1.165, 1.54) is 31.2 Å². The molecule has 0 aliphatic heterocycles. The minimum absolute atomic E-state index is 0.0428. The van der Waals surface area contributed by atoms with Crippen LogP contribution < -0.4 is 15.8 Å². The normalized spacial score (nSPS) is 12.4. The van der Waals surface area contributed by atoms with Crippen molar-refractivity contribution in [2.45, 2.75) is 17.9 Å². The molecule has 126 valence electrons. The Balaban J connectivity index is 2.26. The van der Waals surface area contributed by atoms with Gasteiger partial charge < -0.3 is 11.1 Å². The van der Waals surface area contributed by atoms with Crippen LogP contribution in [0.5, 0.6) is 0 Å². The maximum Gasteiger partial charge on any atom is 0.241 e. The van der Waals surface area contributed by atoms with E-state index in [0.717, 1.165) is 0 Å². The Morgan fingerprint density at radius 2 is 1.58 bits per heavy atom. The molecule has 0 fully saturated rings. The number of nitrogens with one attached hydrogen (secondary N) is 2. The standard InChI is InChI=1S/C16H17N3O4S/c1-11(20)18-13-7-9-14(10-8-13)24(22,23)19-15(16(17)21)12-5-3-2-4-6-12/h2-10,15,19H,1H3,(H2,17,21)(H,18,20)/t15-/m1/s1. The van der Waals surface area contributed by atoms with Crippen molar-refractivity contribution in [3.63, 3.8) is 0 Å². The quantitative estimate of drug-likeness (QED) is 0.726. The summed E-state index contributed by atoms with van der Waals surface area (Å²) in [5.74, 6) is -1.07. The molecule has 0 aliphatic rings. The number of primary amides is 1. The van der Waals surface area contributed by atoms with Gasteiger partial charge in [-0.2, -0.15) is 4.72 Å². The molecule has 0 saturated carbocycles. The van der Waals surface area contributed by atoms with Crippen molar-refractivity contribution in [3.8, 4) is 0 Å². The van der Waals surface area contributed by atoms with E-state index in [1.54, 1.807) is 30.3 Å². The second-order valence-electron chi connectivity index (χ2n) is 5.07. The lowest BCUT2D eigenvalue weighted by Gasteiger charge is -2.16. The minimum Gasteiger partial charge on any atom is -0.368 e. The molecule has 0 radical (unpaired) electrons. The van der Waals surface area contributed by atoms with Gasteiger partial charge in [0.25, 0.3) is 0 Å². The summed E-state index contributed by atoms with van der Waals surface area (Å²) in [6.07, 6.45) is 0. The van der Waals surface area contributed by atoms with Crippen LogP contribution in [-0.2, 0) is 19.6 Å². The molecule has 0 aliphatic carbocycles. The third-order valence-electron chi connectivity index (χ3n) is 3.18. The van der Waals surface area contributed by atoms with Gasteiger partial charge in [0, 0.05) is 12.6 Å². The molecule has 0 aromatic heterocycles. The zero-order valence-corrected chi connectivity index (χ0v) is 13.7. The summed E-state index contributed by atoms with van der Waals surface area (Å²) >= 11 is 0. The molecule has 2 aromatic carbocycles. The predicted molar refractivity (Wildman–Crippen MR) is 89.4 cm³/mol. The van der Waals surface area contributed by atoms with Gasteiger partial charge in [0.2, 0.25) is 21.8 Å². The summed E-state index contributed by atoms with van der Waals surface area (Å²) in [6.45, 7) is 1.35. The van der Waals surface area contributed by atoms with Gasteiger partial charge in [-0.1, -0.05) is 30.3 Å². The van der Waals surface area contributed by atoms with E-state index in [9.17, 15) is 18.0 Å². The summed E-state index contributed by atoms with van der Waals surface area (Å²) in [5.41, 5.74) is 6.24. The van der Waals surface area contributed by atoms with E-state index >= 15 is 0 Å². The summed E-state index contributed by atoms with van der Waals surface area (Å²) < 4.78 is 27.2. The number of sulfonamides is 1. The van der Waals surface area contributed by atoms with Crippen molar-refractivity contribution in [1.82, 2.24) is 4.72 Å². The fourth-order valence-corrected chi connectivity index (χ4v) is 3.27. The van der Waals surface area contributed by atoms with Crippen molar-refractivity contribution < 1.29 is 18.0 Å². The van der Waals surface area contributed by atoms with Gasteiger partial charge in [-0.05, 0) is 29.8 Å². The van der Waals surface area contributed by atoms with Crippen molar-refractivity contribution in [1.29, 1.82) is 0 Å². The van der Waals surface area contributed by atoms with Crippen LogP contribution in [0.2, 0.25) is 0 Å². The smallest absolute Gasteiger partial charge is 0.241 e. The summed E-state index contributed by atoms with van der Waals surface area (Å²) in [6, 6.07) is 12.7.